The Bertz CT molecular complexity index is 761. The van der Waals surface area contributed by atoms with Crippen LogP contribution in [0.3, 0.4) is 0 Å². The number of hydrogen-bond donors (Lipinski definition) is 2. The normalized spacial score (nSPS) is 13.7. The van der Waals surface area contributed by atoms with Gasteiger partial charge in [0, 0.05) is 45.2 Å². The maximum atomic E-state index is 12.6. The summed E-state index contributed by atoms with van der Waals surface area (Å²) < 4.78 is 0. The molecule has 1 heterocycles. The highest BCUT2D eigenvalue weighted by Crippen LogP contribution is 2.19. The van der Waals surface area contributed by atoms with Crippen molar-refractivity contribution in [1.82, 2.24) is 20.4 Å². The van der Waals surface area contributed by atoms with Crippen LogP contribution in [0.4, 0.5) is 0 Å². The fraction of sp³-hybridized carbons (Fsp3) is 0.609. The molecule has 31 heavy (non-hydrogen) atoms. The lowest BCUT2D eigenvalue weighted by molar-refractivity contribution is -0.132. The van der Waals surface area contributed by atoms with Crippen molar-refractivity contribution in [2.45, 2.75) is 59.0 Å². The highest BCUT2D eigenvalue weighted by Gasteiger charge is 2.20. The molecule has 1 aromatic carbocycles. The number of nitrogens with zero attached hydrogens (tertiary/aromatic N) is 3. The number of carbonyl (C=O) groups is 2. The van der Waals surface area contributed by atoms with Gasteiger partial charge in [0.15, 0.2) is 5.96 Å². The minimum Gasteiger partial charge on any atom is -0.357 e. The van der Waals surface area contributed by atoms with Crippen molar-refractivity contribution in [1.29, 1.82) is 0 Å². The Morgan fingerprint density at radius 1 is 1.19 bits per heavy atom. The van der Waals surface area contributed by atoms with Crippen LogP contribution >= 0.6 is 24.0 Å². The molecule has 174 valence electrons. The Hall–Kier alpha value is -1.84. The van der Waals surface area contributed by atoms with Crippen molar-refractivity contribution in [3.05, 3.63) is 35.4 Å². The number of benzene rings is 1. The second-order valence-corrected chi connectivity index (χ2v) is 8.83. The van der Waals surface area contributed by atoms with Gasteiger partial charge < -0.3 is 20.4 Å². The van der Waals surface area contributed by atoms with Gasteiger partial charge in [-0.3, -0.25) is 14.6 Å². The Morgan fingerprint density at radius 2 is 1.87 bits per heavy atom. The fourth-order valence-corrected chi connectivity index (χ4v) is 3.50. The molecule has 2 rings (SSSR count). The quantitative estimate of drug-likeness (QED) is 0.240. The average molecular weight is 543 g/mol. The van der Waals surface area contributed by atoms with E-state index in [1.165, 1.54) is 11.1 Å². The number of likely N-dealkylation sites (N-methyl/N-ethyl adjacent to an activating group) is 1. The van der Waals surface area contributed by atoms with Gasteiger partial charge in [-0.15, -0.1) is 24.0 Å². The molecule has 2 N–H and O–H groups in total. The number of guanidine groups is 1. The summed E-state index contributed by atoms with van der Waals surface area (Å²) >= 11 is 0. The number of fused-ring (bicyclic) bond motifs is 1. The van der Waals surface area contributed by atoms with Crippen LogP contribution in [-0.4, -0.2) is 66.3 Å². The molecule has 0 atom stereocenters. The van der Waals surface area contributed by atoms with Gasteiger partial charge >= 0.3 is 0 Å². The van der Waals surface area contributed by atoms with Crippen LogP contribution in [0.1, 0.15) is 51.7 Å². The van der Waals surface area contributed by atoms with E-state index >= 15 is 0 Å². The van der Waals surface area contributed by atoms with Crippen molar-refractivity contribution in [2.24, 2.45) is 4.99 Å². The molecule has 0 fully saturated rings. The second-order valence-electron chi connectivity index (χ2n) is 8.83. The Balaban J connectivity index is 0.00000480. The summed E-state index contributed by atoms with van der Waals surface area (Å²) in [6, 6.07) is 8.34. The number of rotatable bonds is 7. The summed E-state index contributed by atoms with van der Waals surface area (Å²) in [5.74, 6) is 0.819. The lowest BCUT2D eigenvalue weighted by Gasteiger charge is -2.29. The van der Waals surface area contributed by atoms with E-state index < -0.39 is 0 Å². The zero-order valence-electron chi connectivity index (χ0n) is 19.5. The van der Waals surface area contributed by atoms with Crippen molar-refractivity contribution < 1.29 is 9.59 Å². The van der Waals surface area contributed by atoms with Crippen molar-refractivity contribution in [2.75, 3.05) is 33.2 Å². The molecule has 0 saturated carbocycles. The maximum Gasteiger partial charge on any atom is 0.240 e. The van der Waals surface area contributed by atoms with Gasteiger partial charge in [0.25, 0.3) is 0 Å². The lowest BCUT2D eigenvalue weighted by atomic mass is 9.99. The predicted octanol–water partition coefficient (Wildman–Crippen LogP) is 2.78. The van der Waals surface area contributed by atoms with Gasteiger partial charge in [0.2, 0.25) is 11.8 Å². The molecule has 7 nitrogen and oxygen atoms in total. The minimum atomic E-state index is -0.261. The van der Waals surface area contributed by atoms with E-state index in [1.54, 1.807) is 0 Å². The van der Waals surface area contributed by atoms with Crippen LogP contribution in [0, 0.1) is 0 Å². The molecule has 0 unspecified atom stereocenters. The topological polar surface area (TPSA) is 77.0 Å². The standard InChI is InChI=1S/C23H37N5O2.HI/c1-6-24-22(27(5)17-20(29)26-23(2,3)4)25-14-9-12-21(30)28-15-13-18-10-7-8-11-19(18)16-28;/h7-8,10-11H,6,9,12-17H2,1-5H3,(H,24,25)(H,26,29);1H. The molecular weight excluding hydrogens is 505 g/mol. The van der Waals surface area contributed by atoms with E-state index in [1.807, 2.05) is 50.6 Å². The van der Waals surface area contributed by atoms with Gasteiger partial charge in [-0.25, -0.2) is 0 Å². The summed E-state index contributed by atoms with van der Waals surface area (Å²) in [4.78, 5) is 33.1. The van der Waals surface area contributed by atoms with Gasteiger partial charge in [0.05, 0.1) is 6.54 Å². The molecule has 2 amide bonds. The van der Waals surface area contributed by atoms with Crippen LogP contribution in [0.2, 0.25) is 0 Å². The van der Waals surface area contributed by atoms with E-state index in [0.717, 1.165) is 19.5 Å². The first-order chi connectivity index (χ1) is 14.2. The molecule has 8 heteroatoms. The van der Waals surface area contributed by atoms with Gasteiger partial charge in [-0.1, -0.05) is 24.3 Å². The zero-order valence-corrected chi connectivity index (χ0v) is 21.9. The summed E-state index contributed by atoms with van der Waals surface area (Å²) in [5.41, 5.74) is 2.34. The molecule has 1 aliphatic heterocycles. The highest BCUT2D eigenvalue weighted by molar-refractivity contribution is 14.0. The summed E-state index contributed by atoms with van der Waals surface area (Å²) in [6.07, 6.45) is 2.10. The van der Waals surface area contributed by atoms with Crippen molar-refractivity contribution >= 4 is 41.8 Å². The van der Waals surface area contributed by atoms with Gasteiger partial charge in [-0.05, 0) is 51.7 Å². The number of hydrogen-bond acceptors (Lipinski definition) is 3. The predicted molar refractivity (Wildman–Crippen MR) is 137 cm³/mol. The lowest BCUT2D eigenvalue weighted by Crippen LogP contribution is -2.48. The third-order valence-electron chi connectivity index (χ3n) is 4.89. The molecule has 0 aromatic heterocycles. The second kappa shape index (κ2) is 12.9. The Morgan fingerprint density at radius 3 is 2.52 bits per heavy atom. The smallest absolute Gasteiger partial charge is 0.240 e. The number of amides is 2. The number of carbonyl (C=O) groups excluding carboxylic acids is 2. The third kappa shape index (κ3) is 9.45. The largest absolute Gasteiger partial charge is 0.357 e. The molecule has 0 bridgehead atoms. The summed E-state index contributed by atoms with van der Waals surface area (Å²) in [7, 11) is 1.85. The van der Waals surface area contributed by atoms with E-state index in [9.17, 15) is 9.59 Å². The van der Waals surface area contributed by atoms with Crippen LogP contribution in [0.15, 0.2) is 29.3 Å². The maximum absolute atomic E-state index is 12.6. The van der Waals surface area contributed by atoms with E-state index in [4.69, 9.17) is 0 Å². The van der Waals surface area contributed by atoms with Crippen LogP contribution < -0.4 is 10.6 Å². The molecule has 0 aliphatic carbocycles. The number of nitrogens with one attached hydrogen (secondary N) is 2. The van der Waals surface area contributed by atoms with Crippen LogP contribution in [-0.2, 0) is 22.6 Å². The van der Waals surface area contributed by atoms with Crippen LogP contribution in [0.25, 0.3) is 0 Å². The van der Waals surface area contributed by atoms with E-state index in [2.05, 4.69) is 33.8 Å². The molecule has 0 spiro atoms. The highest BCUT2D eigenvalue weighted by atomic mass is 127. The molecular formula is C23H38IN5O2. The van der Waals surface area contributed by atoms with Crippen LogP contribution in [0.5, 0.6) is 0 Å². The van der Waals surface area contributed by atoms with Gasteiger partial charge in [-0.2, -0.15) is 0 Å². The third-order valence-corrected chi connectivity index (χ3v) is 4.89. The average Bonchev–Trinajstić information content (AvgIpc) is 2.68. The Kier molecular flexibility index (Phi) is 11.3. The monoisotopic (exact) mass is 543 g/mol. The van der Waals surface area contributed by atoms with E-state index in [0.29, 0.717) is 31.9 Å². The van der Waals surface area contributed by atoms with Gasteiger partial charge in [0.1, 0.15) is 0 Å². The minimum absolute atomic E-state index is 0. The number of aliphatic imine (C=N–C) groups is 1. The SMILES string of the molecule is CCNC(=NCCCC(=O)N1CCc2ccccc2C1)N(C)CC(=O)NC(C)(C)C.I. The first-order valence-electron chi connectivity index (χ1n) is 10.8. The fourth-order valence-electron chi connectivity index (χ4n) is 3.50. The van der Waals surface area contributed by atoms with E-state index in [-0.39, 0.29) is 47.9 Å². The van der Waals surface area contributed by atoms with Crippen molar-refractivity contribution in [3.8, 4) is 0 Å². The molecule has 1 aliphatic rings. The molecule has 0 saturated heterocycles. The molecule has 0 radical (unpaired) electrons. The number of halogens is 1. The molecule has 1 aromatic rings. The first-order valence-corrected chi connectivity index (χ1v) is 10.8. The Labute approximate surface area is 204 Å². The first kappa shape index (κ1) is 27.2. The zero-order chi connectivity index (χ0) is 22.1. The summed E-state index contributed by atoms with van der Waals surface area (Å²) in [5, 5.41) is 6.17. The summed E-state index contributed by atoms with van der Waals surface area (Å²) in [6.45, 7) is 10.9. The van der Waals surface area contributed by atoms with Crippen molar-refractivity contribution in [3.63, 3.8) is 0 Å².